The highest BCUT2D eigenvalue weighted by Crippen LogP contribution is 2.30. The number of amides is 1. The van der Waals surface area contributed by atoms with Crippen molar-refractivity contribution in [1.82, 2.24) is 15.3 Å². The van der Waals surface area contributed by atoms with Crippen molar-refractivity contribution in [1.29, 1.82) is 0 Å². The zero-order valence-corrected chi connectivity index (χ0v) is 16.8. The van der Waals surface area contributed by atoms with E-state index in [0.29, 0.717) is 37.7 Å². The fraction of sp³-hybridized carbons (Fsp3) is 0.250. The Bertz CT molecular complexity index is 1050. The van der Waals surface area contributed by atoms with Crippen LogP contribution in [0.2, 0.25) is 0 Å². The maximum absolute atomic E-state index is 12.6. The number of carbonyl (C=O) groups excluding carboxylic acids is 1. The first-order chi connectivity index (χ1) is 14.6. The molecule has 3 aromatic rings. The minimum Gasteiger partial charge on any atom is -0.378 e. The van der Waals surface area contributed by atoms with Crippen molar-refractivity contribution in [2.75, 3.05) is 31.2 Å². The van der Waals surface area contributed by atoms with Gasteiger partial charge in [0, 0.05) is 48.1 Å². The first-order valence-electron chi connectivity index (χ1n) is 9.36. The number of nitrogens with zero attached hydrogens (tertiary/aromatic N) is 4. The molecule has 30 heavy (non-hydrogen) atoms. The van der Waals surface area contributed by atoms with Gasteiger partial charge >= 0.3 is 0 Å². The third-order valence-electron chi connectivity index (χ3n) is 4.68. The number of nitro groups is 1. The standard InChI is InChI=1S/C20H19N5O4S/c26-19(22-12-16-13-30-20(23-16)15-2-1-5-21-11-15)14-3-4-17(18(10-14)25(27)28)24-6-8-29-9-7-24/h1-5,10-11,13H,6-9,12H2,(H,22,26). The van der Waals surface area contributed by atoms with E-state index in [4.69, 9.17) is 4.74 Å². The third-order valence-corrected chi connectivity index (χ3v) is 5.62. The molecular formula is C20H19N5O4S. The van der Waals surface area contributed by atoms with Crippen LogP contribution in [0.15, 0.2) is 48.1 Å². The maximum atomic E-state index is 12.6. The quantitative estimate of drug-likeness (QED) is 0.477. The van der Waals surface area contributed by atoms with Crippen LogP contribution in [0.4, 0.5) is 11.4 Å². The normalized spacial score (nSPS) is 13.8. The first kappa shape index (κ1) is 19.9. The number of rotatable bonds is 6. The number of ether oxygens (including phenoxy) is 1. The van der Waals surface area contributed by atoms with E-state index < -0.39 is 4.92 Å². The number of pyridine rings is 1. The van der Waals surface area contributed by atoms with E-state index in [-0.39, 0.29) is 23.7 Å². The van der Waals surface area contributed by atoms with Crippen LogP contribution >= 0.6 is 11.3 Å². The Morgan fingerprint density at radius 2 is 2.13 bits per heavy atom. The lowest BCUT2D eigenvalue weighted by Crippen LogP contribution is -2.36. The number of morpholine rings is 1. The molecule has 9 nitrogen and oxygen atoms in total. The lowest BCUT2D eigenvalue weighted by molar-refractivity contribution is -0.384. The second-order valence-corrected chi connectivity index (χ2v) is 7.49. The fourth-order valence-corrected chi connectivity index (χ4v) is 3.98. The summed E-state index contributed by atoms with van der Waals surface area (Å²) in [6.07, 6.45) is 3.43. The molecule has 1 aromatic carbocycles. The molecule has 1 aliphatic rings. The summed E-state index contributed by atoms with van der Waals surface area (Å²) in [5.74, 6) is -0.387. The van der Waals surface area contributed by atoms with E-state index in [9.17, 15) is 14.9 Å². The highest BCUT2D eigenvalue weighted by Gasteiger charge is 2.23. The largest absolute Gasteiger partial charge is 0.378 e. The van der Waals surface area contributed by atoms with Gasteiger partial charge in [0.15, 0.2) is 0 Å². The molecule has 0 radical (unpaired) electrons. The van der Waals surface area contributed by atoms with Gasteiger partial charge in [0.25, 0.3) is 11.6 Å². The third kappa shape index (κ3) is 4.44. The highest BCUT2D eigenvalue weighted by atomic mass is 32.1. The molecule has 2 aromatic heterocycles. The molecule has 154 valence electrons. The maximum Gasteiger partial charge on any atom is 0.293 e. The summed E-state index contributed by atoms with van der Waals surface area (Å²) >= 11 is 1.47. The van der Waals surface area contributed by atoms with Gasteiger partial charge in [0.05, 0.1) is 30.4 Å². The summed E-state index contributed by atoms with van der Waals surface area (Å²) < 4.78 is 5.30. The van der Waals surface area contributed by atoms with Crippen LogP contribution in [0.5, 0.6) is 0 Å². The van der Waals surface area contributed by atoms with Gasteiger partial charge in [-0.3, -0.25) is 19.9 Å². The number of nitro benzene ring substituents is 1. The molecule has 1 saturated heterocycles. The average Bonchev–Trinajstić information content (AvgIpc) is 3.27. The van der Waals surface area contributed by atoms with Gasteiger partial charge in [0.1, 0.15) is 10.7 Å². The molecule has 10 heteroatoms. The second-order valence-electron chi connectivity index (χ2n) is 6.63. The first-order valence-corrected chi connectivity index (χ1v) is 10.2. The predicted molar refractivity (Wildman–Crippen MR) is 113 cm³/mol. The number of aromatic nitrogens is 2. The van der Waals surface area contributed by atoms with Crippen LogP contribution in [-0.4, -0.2) is 47.1 Å². The van der Waals surface area contributed by atoms with E-state index in [0.717, 1.165) is 10.6 Å². The Morgan fingerprint density at radius 1 is 1.30 bits per heavy atom. The van der Waals surface area contributed by atoms with Crippen LogP contribution in [0, 0.1) is 10.1 Å². The summed E-state index contributed by atoms with van der Waals surface area (Å²) in [4.78, 5) is 34.1. The summed E-state index contributed by atoms with van der Waals surface area (Å²) in [6.45, 7) is 2.43. The molecule has 0 saturated carbocycles. The summed E-state index contributed by atoms with van der Waals surface area (Å²) in [5.41, 5.74) is 2.28. The molecule has 0 bridgehead atoms. The van der Waals surface area contributed by atoms with E-state index in [1.165, 1.54) is 17.4 Å². The average molecular weight is 425 g/mol. The van der Waals surface area contributed by atoms with E-state index in [1.807, 2.05) is 22.4 Å². The van der Waals surface area contributed by atoms with Crippen LogP contribution in [-0.2, 0) is 11.3 Å². The number of hydrogen-bond donors (Lipinski definition) is 1. The van der Waals surface area contributed by atoms with Gasteiger partial charge in [-0.2, -0.15) is 0 Å². The number of carbonyl (C=O) groups is 1. The molecule has 1 aliphatic heterocycles. The molecule has 0 atom stereocenters. The van der Waals surface area contributed by atoms with Crippen molar-refractivity contribution in [3.05, 3.63) is 69.5 Å². The van der Waals surface area contributed by atoms with Gasteiger partial charge in [-0.05, 0) is 24.3 Å². The zero-order valence-electron chi connectivity index (χ0n) is 16.0. The molecule has 0 aliphatic carbocycles. The number of benzene rings is 1. The smallest absolute Gasteiger partial charge is 0.293 e. The van der Waals surface area contributed by atoms with Crippen LogP contribution < -0.4 is 10.2 Å². The van der Waals surface area contributed by atoms with Crippen molar-refractivity contribution < 1.29 is 14.5 Å². The van der Waals surface area contributed by atoms with Crippen molar-refractivity contribution in [2.24, 2.45) is 0 Å². The summed E-state index contributed by atoms with van der Waals surface area (Å²) in [7, 11) is 0. The molecule has 0 spiro atoms. The molecule has 0 unspecified atom stereocenters. The summed E-state index contributed by atoms with van der Waals surface area (Å²) in [6, 6.07) is 8.31. The van der Waals surface area contributed by atoms with Crippen molar-refractivity contribution in [2.45, 2.75) is 6.54 Å². The zero-order chi connectivity index (χ0) is 20.9. The minimum atomic E-state index is -0.456. The highest BCUT2D eigenvalue weighted by molar-refractivity contribution is 7.13. The molecular weight excluding hydrogens is 406 g/mol. The molecule has 4 rings (SSSR count). The SMILES string of the molecule is O=C(NCc1csc(-c2cccnc2)n1)c1ccc(N2CCOCC2)c([N+](=O)[O-])c1. The Labute approximate surface area is 176 Å². The van der Waals surface area contributed by atoms with E-state index in [1.54, 1.807) is 24.5 Å². The van der Waals surface area contributed by atoms with Gasteiger partial charge < -0.3 is 15.0 Å². The molecule has 3 heterocycles. The van der Waals surface area contributed by atoms with Crippen LogP contribution in [0.1, 0.15) is 16.1 Å². The Balaban J connectivity index is 1.45. The van der Waals surface area contributed by atoms with Gasteiger partial charge in [-0.1, -0.05) is 0 Å². The Morgan fingerprint density at radius 3 is 2.87 bits per heavy atom. The topological polar surface area (TPSA) is 110 Å². The monoisotopic (exact) mass is 425 g/mol. The molecule has 1 N–H and O–H groups in total. The lowest BCUT2D eigenvalue weighted by Gasteiger charge is -2.28. The Kier molecular flexibility index (Phi) is 5.96. The molecule has 1 amide bonds. The van der Waals surface area contributed by atoms with Gasteiger partial charge in [-0.15, -0.1) is 11.3 Å². The second kappa shape index (κ2) is 8.97. The molecule has 1 fully saturated rings. The van der Waals surface area contributed by atoms with Crippen LogP contribution in [0.25, 0.3) is 10.6 Å². The predicted octanol–water partition coefficient (Wildman–Crippen LogP) is 2.88. The summed E-state index contributed by atoms with van der Waals surface area (Å²) in [5, 5.41) is 17.0. The fourth-order valence-electron chi connectivity index (χ4n) is 3.17. The van der Waals surface area contributed by atoms with E-state index >= 15 is 0 Å². The van der Waals surface area contributed by atoms with Crippen molar-refractivity contribution in [3.8, 4) is 10.6 Å². The lowest BCUT2D eigenvalue weighted by atomic mass is 10.1. The number of hydrogen-bond acceptors (Lipinski definition) is 8. The van der Waals surface area contributed by atoms with Gasteiger partial charge in [0.2, 0.25) is 0 Å². The van der Waals surface area contributed by atoms with Gasteiger partial charge in [-0.25, -0.2) is 4.98 Å². The number of nitrogens with one attached hydrogen (secondary N) is 1. The van der Waals surface area contributed by atoms with Crippen molar-refractivity contribution >= 4 is 28.6 Å². The Hall–Kier alpha value is -3.37. The van der Waals surface area contributed by atoms with E-state index in [2.05, 4.69) is 15.3 Å². The number of thiazole rings is 1. The number of anilines is 1. The van der Waals surface area contributed by atoms with Crippen LogP contribution in [0.3, 0.4) is 0 Å². The van der Waals surface area contributed by atoms with Crippen molar-refractivity contribution in [3.63, 3.8) is 0 Å². The minimum absolute atomic E-state index is 0.0860.